The molecule has 2 aliphatic rings. The first-order valence-corrected chi connectivity index (χ1v) is 10.8. The molecule has 1 heterocycles. The third-order valence-electron chi connectivity index (χ3n) is 5.74. The average Bonchev–Trinajstić information content (AvgIpc) is 3.24. The van der Waals surface area contributed by atoms with E-state index in [4.69, 9.17) is 5.73 Å². The smallest absolute Gasteiger partial charge is 0.253 e. The summed E-state index contributed by atoms with van der Waals surface area (Å²) in [5.74, 6) is -0.125. The number of nitrogens with zero attached hydrogens (tertiary/aromatic N) is 1. The number of rotatable bonds is 5. The normalized spacial score (nSPS) is 24.3. The molecular formula is C19H29N3O3S. The van der Waals surface area contributed by atoms with Gasteiger partial charge in [0.2, 0.25) is 10.0 Å². The number of amides is 1. The second-order valence-electron chi connectivity index (χ2n) is 8.07. The van der Waals surface area contributed by atoms with Crippen molar-refractivity contribution in [1.82, 2.24) is 9.62 Å². The zero-order valence-corrected chi connectivity index (χ0v) is 16.4. The van der Waals surface area contributed by atoms with Gasteiger partial charge in [-0.1, -0.05) is 25.8 Å². The van der Waals surface area contributed by atoms with Crippen LogP contribution in [0.4, 0.5) is 0 Å². The van der Waals surface area contributed by atoms with Crippen molar-refractivity contribution < 1.29 is 13.2 Å². The predicted molar refractivity (Wildman–Crippen MR) is 101 cm³/mol. The van der Waals surface area contributed by atoms with Crippen LogP contribution in [-0.4, -0.2) is 44.9 Å². The summed E-state index contributed by atoms with van der Waals surface area (Å²) in [5, 5.41) is 0. The van der Waals surface area contributed by atoms with E-state index in [1.54, 1.807) is 24.0 Å². The summed E-state index contributed by atoms with van der Waals surface area (Å²) in [6.07, 6.45) is 4.74. The summed E-state index contributed by atoms with van der Waals surface area (Å²) < 4.78 is 28.4. The standard InChI is InChI=1S/C19H29N3O3S/c1-14-7-8-15(18(23)22-10-9-19(2,12-20)13-22)11-17(14)26(24,25)21-16-5-3-4-6-16/h7-8,11,16,21H,3-6,9-10,12-13,20H2,1-2H3. The largest absolute Gasteiger partial charge is 0.338 e. The van der Waals surface area contributed by atoms with Gasteiger partial charge in [0.15, 0.2) is 0 Å². The molecule has 6 nitrogen and oxygen atoms in total. The molecule has 1 aliphatic carbocycles. The molecule has 0 spiro atoms. The lowest BCUT2D eigenvalue weighted by Crippen LogP contribution is -2.35. The Morgan fingerprint density at radius 2 is 2.04 bits per heavy atom. The second-order valence-corrected chi connectivity index (χ2v) is 9.76. The summed E-state index contributed by atoms with van der Waals surface area (Å²) in [5.41, 5.74) is 6.84. The third-order valence-corrected chi connectivity index (χ3v) is 7.40. The summed E-state index contributed by atoms with van der Waals surface area (Å²) in [7, 11) is -3.62. The Morgan fingerprint density at radius 3 is 2.65 bits per heavy atom. The van der Waals surface area contributed by atoms with Crippen molar-refractivity contribution in [2.45, 2.75) is 56.9 Å². The first kappa shape index (κ1) is 19.3. The van der Waals surface area contributed by atoms with Crippen molar-refractivity contribution in [2.24, 2.45) is 11.1 Å². The van der Waals surface area contributed by atoms with E-state index in [9.17, 15) is 13.2 Å². The van der Waals surface area contributed by atoms with Crippen LogP contribution in [0.15, 0.2) is 23.1 Å². The molecule has 3 N–H and O–H groups in total. The first-order chi connectivity index (χ1) is 12.2. The van der Waals surface area contributed by atoms with E-state index in [2.05, 4.69) is 11.6 Å². The average molecular weight is 380 g/mol. The Labute approximate surface area is 156 Å². The lowest BCUT2D eigenvalue weighted by atomic mass is 9.90. The van der Waals surface area contributed by atoms with Gasteiger partial charge in [-0.2, -0.15) is 0 Å². The third kappa shape index (κ3) is 3.94. The molecule has 3 rings (SSSR count). The van der Waals surface area contributed by atoms with Crippen LogP contribution in [0.3, 0.4) is 0 Å². The molecule has 1 amide bonds. The Morgan fingerprint density at radius 1 is 1.35 bits per heavy atom. The van der Waals surface area contributed by atoms with Crippen LogP contribution in [0.2, 0.25) is 0 Å². The minimum atomic E-state index is -3.62. The number of nitrogens with two attached hydrogens (primary N) is 1. The molecule has 26 heavy (non-hydrogen) atoms. The Balaban J connectivity index is 1.82. The Kier molecular flexibility index (Phi) is 5.42. The number of carbonyl (C=O) groups excluding carboxylic acids is 1. The van der Waals surface area contributed by atoms with Crippen LogP contribution in [0.1, 0.15) is 54.9 Å². The highest BCUT2D eigenvalue weighted by molar-refractivity contribution is 7.89. The van der Waals surface area contributed by atoms with Gasteiger partial charge in [0.05, 0.1) is 4.90 Å². The fraction of sp³-hybridized carbons (Fsp3) is 0.632. The van der Waals surface area contributed by atoms with E-state index >= 15 is 0 Å². The SMILES string of the molecule is Cc1ccc(C(=O)N2CCC(C)(CN)C2)cc1S(=O)(=O)NC1CCCC1. The number of aryl methyl sites for hydroxylation is 1. The molecule has 1 saturated carbocycles. The second kappa shape index (κ2) is 7.29. The fourth-order valence-electron chi connectivity index (χ4n) is 3.90. The predicted octanol–water partition coefficient (Wildman–Crippen LogP) is 2.03. The zero-order chi connectivity index (χ0) is 18.9. The monoisotopic (exact) mass is 379 g/mol. The quantitative estimate of drug-likeness (QED) is 0.819. The van der Waals surface area contributed by atoms with Gasteiger partial charge in [-0.15, -0.1) is 0 Å². The molecule has 1 aromatic carbocycles. The number of carbonyl (C=O) groups is 1. The minimum absolute atomic E-state index is 0.00241. The van der Waals surface area contributed by atoms with Gasteiger partial charge in [-0.3, -0.25) is 4.79 Å². The van der Waals surface area contributed by atoms with E-state index in [0.29, 0.717) is 30.8 Å². The highest BCUT2D eigenvalue weighted by Gasteiger charge is 2.35. The van der Waals surface area contributed by atoms with Crippen molar-refractivity contribution in [3.63, 3.8) is 0 Å². The molecule has 1 aromatic rings. The molecule has 1 aliphatic heterocycles. The van der Waals surface area contributed by atoms with Gasteiger partial charge in [-0.05, 0) is 55.8 Å². The molecule has 1 saturated heterocycles. The fourth-order valence-corrected chi connectivity index (χ4v) is 5.47. The maximum atomic E-state index is 12.9. The molecule has 0 bridgehead atoms. The van der Waals surface area contributed by atoms with Crippen LogP contribution in [0, 0.1) is 12.3 Å². The summed E-state index contributed by atoms with van der Waals surface area (Å²) >= 11 is 0. The highest BCUT2D eigenvalue weighted by Crippen LogP contribution is 2.30. The van der Waals surface area contributed by atoms with Crippen molar-refractivity contribution in [1.29, 1.82) is 0 Å². The molecule has 1 atom stereocenters. The molecule has 1 unspecified atom stereocenters. The minimum Gasteiger partial charge on any atom is -0.338 e. The van der Waals surface area contributed by atoms with Crippen molar-refractivity contribution >= 4 is 15.9 Å². The number of likely N-dealkylation sites (tertiary alicyclic amines) is 1. The number of benzene rings is 1. The van der Waals surface area contributed by atoms with Crippen LogP contribution in [-0.2, 0) is 10.0 Å². The van der Waals surface area contributed by atoms with Crippen LogP contribution >= 0.6 is 0 Å². The lowest BCUT2D eigenvalue weighted by Gasteiger charge is -2.23. The Hall–Kier alpha value is -1.44. The Bertz CT molecular complexity index is 787. The molecule has 0 aromatic heterocycles. The summed E-state index contributed by atoms with van der Waals surface area (Å²) in [6.45, 7) is 5.65. The van der Waals surface area contributed by atoms with Crippen LogP contribution in [0.25, 0.3) is 0 Å². The van der Waals surface area contributed by atoms with Crippen LogP contribution < -0.4 is 10.5 Å². The molecule has 0 radical (unpaired) electrons. The molecule has 7 heteroatoms. The lowest BCUT2D eigenvalue weighted by molar-refractivity contribution is 0.0776. The highest BCUT2D eigenvalue weighted by atomic mass is 32.2. The van der Waals surface area contributed by atoms with E-state index in [1.165, 1.54) is 6.07 Å². The summed E-state index contributed by atoms with van der Waals surface area (Å²) in [4.78, 5) is 14.8. The van der Waals surface area contributed by atoms with Gasteiger partial charge >= 0.3 is 0 Å². The van der Waals surface area contributed by atoms with Gasteiger partial charge in [0.25, 0.3) is 5.91 Å². The summed E-state index contributed by atoms with van der Waals surface area (Å²) in [6, 6.07) is 4.95. The number of sulfonamides is 1. The number of hydrogen-bond acceptors (Lipinski definition) is 4. The van der Waals surface area contributed by atoms with Gasteiger partial charge in [-0.25, -0.2) is 13.1 Å². The first-order valence-electron chi connectivity index (χ1n) is 9.36. The van der Waals surface area contributed by atoms with Crippen LogP contribution in [0.5, 0.6) is 0 Å². The maximum absolute atomic E-state index is 12.9. The topological polar surface area (TPSA) is 92.5 Å². The van der Waals surface area contributed by atoms with E-state index in [0.717, 1.165) is 32.1 Å². The molecule has 144 valence electrons. The van der Waals surface area contributed by atoms with Gasteiger partial charge in [0, 0.05) is 24.7 Å². The number of nitrogens with one attached hydrogen (secondary N) is 1. The van der Waals surface area contributed by atoms with E-state index < -0.39 is 10.0 Å². The zero-order valence-electron chi connectivity index (χ0n) is 15.6. The van der Waals surface area contributed by atoms with Gasteiger partial charge in [0.1, 0.15) is 0 Å². The molecular weight excluding hydrogens is 350 g/mol. The van der Waals surface area contributed by atoms with Crippen molar-refractivity contribution in [2.75, 3.05) is 19.6 Å². The molecule has 2 fully saturated rings. The van der Waals surface area contributed by atoms with Gasteiger partial charge < -0.3 is 10.6 Å². The number of hydrogen-bond donors (Lipinski definition) is 2. The maximum Gasteiger partial charge on any atom is 0.253 e. The van der Waals surface area contributed by atoms with E-state index in [1.807, 2.05) is 0 Å². The van der Waals surface area contributed by atoms with Crippen molar-refractivity contribution in [3.8, 4) is 0 Å². The van der Waals surface area contributed by atoms with Crippen molar-refractivity contribution in [3.05, 3.63) is 29.3 Å². The van der Waals surface area contributed by atoms with E-state index in [-0.39, 0.29) is 22.3 Å².